The first-order valence-corrected chi connectivity index (χ1v) is 7.33. The second-order valence-electron chi connectivity index (χ2n) is 4.90. The van der Waals surface area contributed by atoms with Crippen molar-refractivity contribution in [2.45, 2.75) is 13.0 Å². The highest BCUT2D eigenvalue weighted by Gasteiger charge is 2.14. The van der Waals surface area contributed by atoms with Crippen molar-refractivity contribution in [1.82, 2.24) is 4.90 Å². The number of rotatable bonds is 6. The van der Waals surface area contributed by atoms with Crippen molar-refractivity contribution in [2.24, 2.45) is 5.73 Å². The van der Waals surface area contributed by atoms with Crippen molar-refractivity contribution in [2.75, 3.05) is 13.1 Å². The van der Waals surface area contributed by atoms with Gasteiger partial charge in [-0.15, -0.1) is 0 Å². The zero-order valence-electron chi connectivity index (χ0n) is 11.8. The molecule has 2 N–H and O–H groups in total. The van der Waals surface area contributed by atoms with Gasteiger partial charge in [0, 0.05) is 24.7 Å². The van der Waals surface area contributed by atoms with Crippen LogP contribution in [0.5, 0.6) is 0 Å². The zero-order chi connectivity index (χ0) is 15.1. The van der Waals surface area contributed by atoms with E-state index in [9.17, 15) is 4.79 Å². The van der Waals surface area contributed by atoms with Gasteiger partial charge >= 0.3 is 0 Å². The summed E-state index contributed by atoms with van der Waals surface area (Å²) in [7, 11) is 0. The molecule has 3 nitrogen and oxygen atoms in total. The summed E-state index contributed by atoms with van der Waals surface area (Å²) in [6, 6.07) is 17.3. The number of nitrogens with two attached hydrogens (primary N) is 1. The van der Waals surface area contributed by atoms with Gasteiger partial charge in [-0.1, -0.05) is 54.1 Å². The Morgan fingerprint density at radius 2 is 1.76 bits per heavy atom. The summed E-state index contributed by atoms with van der Waals surface area (Å²) in [5, 5.41) is 0.647. The lowest BCUT2D eigenvalue weighted by atomic mass is 10.1. The summed E-state index contributed by atoms with van der Waals surface area (Å²) >= 11 is 5.95. The molecule has 0 aliphatic carbocycles. The van der Waals surface area contributed by atoms with Crippen molar-refractivity contribution in [1.29, 1.82) is 0 Å². The standard InChI is InChI=1S/C17H19ClN2O/c18-16-8-4-7-15(11-16)12-17(21)20(10-9-19)13-14-5-2-1-3-6-14/h1-8,11H,9-10,12-13,19H2. The van der Waals surface area contributed by atoms with Crippen molar-refractivity contribution < 1.29 is 4.79 Å². The fourth-order valence-corrected chi connectivity index (χ4v) is 2.40. The van der Waals surface area contributed by atoms with E-state index in [2.05, 4.69) is 0 Å². The minimum Gasteiger partial charge on any atom is -0.337 e. The summed E-state index contributed by atoms with van der Waals surface area (Å²) in [5.41, 5.74) is 7.64. The third kappa shape index (κ3) is 4.88. The van der Waals surface area contributed by atoms with E-state index in [1.165, 1.54) is 0 Å². The Morgan fingerprint density at radius 3 is 2.43 bits per heavy atom. The molecule has 4 heteroatoms. The Kier molecular flexibility index (Phi) is 5.78. The van der Waals surface area contributed by atoms with E-state index in [4.69, 9.17) is 17.3 Å². The van der Waals surface area contributed by atoms with E-state index >= 15 is 0 Å². The van der Waals surface area contributed by atoms with Crippen molar-refractivity contribution in [3.63, 3.8) is 0 Å². The maximum Gasteiger partial charge on any atom is 0.227 e. The first kappa shape index (κ1) is 15.5. The number of nitrogens with zero attached hydrogens (tertiary/aromatic N) is 1. The second-order valence-corrected chi connectivity index (χ2v) is 5.33. The molecule has 0 bridgehead atoms. The Balaban J connectivity index is 2.05. The van der Waals surface area contributed by atoms with Crippen molar-refractivity contribution in [3.8, 4) is 0 Å². The Labute approximate surface area is 130 Å². The average Bonchev–Trinajstić information content (AvgIpc) is 2.48. The largest absolute Gasteiger partial charge is 0.337 e. The number of benzene rings is 2. The normalized spacial score (nSPS) is 10.4. The lowest BCUT2D eigenvalue weighted by Crippen LogP contribution is -2.35. The zero-order valence-corrected chi connectivity index (χ0v) is 12.6. The number of hydrogen-bond donors (Lipinski definition) is 1. The lowest BCUT2D eigenvalue weighted by Gasteiger charge is -2.22. The molecule has 0 heterocycles. The summed E-state index contributed by atoms with van der Waals surface area (Å²) in [6.45, 7) is 1.58. The van der Waals surface area contributed by atoms with Crippen LogP contribution >= 0.6 is 11.6 Å². The van der Waals surface area contributed by atoms with Gasteiger partial charge in [0.05, 0.1) is 6.42 Å². The molecule has 2 aromatic rings. The molecule has 0 saturated carbocycles. The Bertz CT molecular complexity index is 586. The number of carbonyl (C=O) groups is 1. The van der Waals surface area contributed by atoms with E-state index in [-0.39, 0.29) is 5.91 Å². The highest BCUT2D eigenvalue weighted by molar-refractivity contribution is 6.30. The smallest absolute Gasteiger partial charge is 0.227 e. The molecule has 2 aromatic carbocycles. The molecule has 0 aliphatic heterocycles. The molecular formula is C17H19ClN2O. The number of halogens is 1. The molecule has 21 heavy (non-hydrogen) atoms. The highest BCUT2D eigenvalue weighted by atomic mass is 35.5. The predicted octanol–water partition coefficient (Wildman–Crippen LogP) is 2.87. The van der Waals surface area contributed by atoms with Crippen molar-refractivity contribution in [3.05, 3.63) is 70.7 Å². The molecule has 0 aromatic heterocycles. The van der Waals surface area contributed by atoms with Gasteiger partial charge in [-0.05, 0) is 23.3 Å². The van der Waals surface area contributed by atoms with Crippen LogP contribution in [-0.4, -0.2) is 23.9 Å². The molecule has 1 amide bonds. The van der Waals surface area contributed by atoms with Crippen LogP contribution in [0.15, 0.2) is 54.6 Å². The summed E-state index contributed by atoms with van der Waals surface area (Å²) in [6.07, 6.45) is 0.341. The third-order valence-corrected chi connectivity index (χ3v) is 3.45. The molecule has 110 valence electrons. The van der Waals surface area contributed by atoms with E-state index in [0.29, 0.717) is 31.1 Å². The van der Waals surface area contributed by atoms with Gasteiger partial charge in [0.1, 0.15) is 0 Å². The number of amides is 1. The number of carbonyl (C=O) groups excluding carboxylic acids is 1. The minimum atomic E-state index is 0.0616. The van der Waals surface area contributed by atoms with Gasteiger partial charge in [0.15, 0.2) is 0 Å². The van der Waals surface area contributed by atoms with Gasteiger partial charge in [-0.2, -0.15) is 0 Å². The van der Waals surface area contributed by atoms with Gasteiger partial charge < -0.3 is 10.6 Å². The molecular weight excluding hydrogens is 284 g/mol. The van der Waals surface area contributed by atoms with E-state index < -0.39 is 0 Å². The molecule has 0 aliphatic rings. The Morgan fingerprint density at radius 1 is 1.05 bits per heavy atom. The lowest BCUT2D eigenvalue weighted by molar-refractivity contribution is -0.131. The van der Waals surface area contributed by atoms with Gasteiger partial charge in [-0.3, -0.25) is 4.79 Å². The van der Waals surface area contributed by atoms with Crippen LogP contribution in [0, 0.1) is 0 Å². The quantitative estimate of drug-likeness (QED) is 0.892. The van der Waals surface area contributed by atoms with Gasteiger partial charge in [0.25, 0.3) is 0 Å². The monoisotopic (exact) mass is 302 g/mol. The molecule has 0 unspecified atom stereocenters. The van der Waals surface area contributed by atoms with Gasteiger partial charge in [-0.25, -0.2) is 0 Å². The molecule has 0 atom stereocenters. The van der Waals surface area contributed by atoms with Crippen LogP contribution in [0.2, 0.25) is 5.02 Å². The fourth-order valence-electron chi connectivity index (χ4n) is 2.18. The van der Waals surface area contributed by atoms with Crippen LogP contribution in [-0.2, 0) is 17.8 Å². The number of hydrogen-bond acceptors (Lipinski definition) is 2. The van der Waals surface area contributed by atoms with Crippen LogP contribution in [0.25, 0.3) is 0 Å². The SMILES string of the molecule is NCCN(Cc1ccccc1)C(=O)Cc1cccc(Cl)c1. The molecule has 2 rings (SSSR count). The molecule has 0 radical (unpaired) electrons. The van der Waals surface area contributed by atoms with E-state index in [1.54, 1.807) is 11.0 Å². The average molecular weight is 303 g/mol. The Hall–Kier alpha value is -1.84. The molecule has 0 spiro atoms. The van der Waals surface area contributed by atoms with Crippen molar-refractivity contribution >= 4 is 17.5 Å². The summed E-state index contributed by atoms with van der Waals surface area (Å²) in [5.74, 6) is 0.0616. The van der Waals surface area contributed by atoms with E-state index in [0.717, 1.165) is 11.1 Å². The van der Waals surface area contributed by atoms with Crippen LogP contribution in [0.1, 0.15) is 11.1 Å². The van der Waals surface area contributed by atoms with E-state index in [1.807, 2.05) is 48.5 Å². The maximum atomic E-state index is 12.4. The molecule has 0 fully saturated rings. The fraction of sp³-hybridized carbons (Fsp3) is 0.235. The minimum absolute atomic E-state index is 0.0616. The van der Waals surface area contributed by atoms with Gasteiger partial charge in [0.2, 0.25) is 5.91 Å². The summed E-state index contributed by atoms with van der Waals surface area (Å²) < 4.78 is 0. The first-order valence-electron chi connectivity index (χ1n) is 6.95. The third-order valence-electron chi connectivity index (χ3n) is 3.21. The van der Waals surface area contributed by atoms with Crippen LogP contribution in [0.4, 0.5) is 0 Å². The predicted molar refractivity (Wildman–Crippen MR) is 86.1 cm³/mol. The summed E-state index contributed by atoms with van der Waals surface area (Å²) in [4.78, 5) is 14.2. The highest BCUT2D eigenvalue weighted by Crippen LogP contribution is 2.13. The molecule has 0 saturated heterocycles. The first-order chi connectivity index (χ1) is 10.2. The van der Waals surface area contributed by atoms with Crippen LogP contribution < -0.4 is 5.73 Å². The second kappa shape index (κ2) is 7.81. The topological polar surface area (TPSA) is 46.3 Å². The van der Waals surface area contributed by atoms with Crippen LogP contribution in [0.3, 0.4) is 0 Å². The maximum absolute atomic E-state index is 12.4.